The summed E-state index contributed by atoms with van der Waals surface area (Å²) in [6.45, 7) is 10.4. The second kappa shape index (κ2) is 14.1. The Morgan fingerprint density at radius 2 is 1.12 bits per heavy atom. The highest BCUT2D eigenvalue weighted by Gasteiger charge is 2.48. The zero-order valence-electron chi connectivity index (χ0n) is 23.8. The van der Waals surface area contributed by atoms with Crippen molar-refractivity contribution >= 4 is 11.8 Å². The number of carbonyl (C=O) groups is 2. The minimum absolute atomic E-state index is 0.266. The fraction of sp³-hybridized carbons (Fsp3) is 0.714. The molecule has 1 aromatic carbocycles. The maximum atomic E-state index is 12.5. The van der Waals surface area contributed by atoms with E-state index in [0.29, 0.717) is 63.9 Å². The van der Waals surface area contributed by atoms with E-state index in [-0.39, 0.29) is 25.0 Å². The van der Waals surface area contributed by atoms with E-state index in [9.17, 15) is 9.59 Å². The molecule has 12 heteroatoms. The number of carbonyl (C=O) groups excluding carboxylic acids is 2. The summed E-state index contributed by atoms with van der Waals surface area (Å²) in [6, 6.07) is 6.55. The van der Waals surface area contributed by atoms with Gasteiger partial charge in [-0.2, -0.15) is 0 Å². The van der Waals surface area contributed by atoms with Crippen LogP contribution in [0.4, 0.5) is 0 Å². The van der Waals surface area contributed by atoms with Gasteiger partial charge in [0, 0.05) is 24.2 Å². The van der Waals surface area contributed by atoms with Gasteiger partial charge in [0.05, 0.1) is 52.9 Å². The van der Waals surface area contributed by atoms with E-state index in [1.54, 1.807) is 24.3 Å². The number of benzene rings is 1. The highest BCUT2D eigenvalue weighted by atomic mass is 16.8. The van der Waals surface area contributed by atoms with Gasteiger partial charge in [-0.3, -0.25) is 9.59 Å². The lowest BCUT2D eigenvalue weighted by atomic mass is 10.0. The van der Waals surface area contributed by atoms with Crippen molar-refractivity contribution in [2.45, 2.75) is 63.7 Å². The van der Waals surface area contributed by atoms with Crippen LogP contribution >= 0.6 is 0 Å². The molecule has 3 aliphatic rings. The third-order valence-electron chi connectivity index (χ3n) is 6.64. The molecule has 0 aromatic heterocycles. The molecule has 0 aliphatic carbocycles. The maximum Gasteiger partial charge on any atom is 0.251 e. The largest absolute Gasteiger partial charge is 0.377 e. The van der Waals surface area contributed by atoms with Gasteiger partial charge in [-0.05, 0) is 45.9 Å². The standard InChI is InChI=1S/C28H42N2O10/c1-27(2)37-17-21(39-27)23-24(22-18-38-28(3,4)40-22)36-15-13-34-11-9-30-26(32)20-7-5-6-19(16-20)25(31)29-8-10-33-12-14-35-23/h5-7,16,21-24H,8-15,17-18H2,1-4H3,(H,29,31)(H,30,32)/t21-,22-,23-,24?/m1/s1. The number of fused-ring (bicyclic) bond motifs is 2. The summed E-state index contributed by atoms with van der Waals surface area (Å²) in [6.07, 6.45) is -1.88. The molecule has 224 valence electrons. The van der Waals surface area contributed by atoms with Gasteiger partial charge in [0.25, 0.3) is 11.8 Å². The van der Waals surface area contributed by atoms with E-state index in [2.05, 4.69) is 10.6 Å². The van der Waals surface area contributed by atoms with E-state index in [4.69, 9.17) is 37.9 Å². The molecule has 0 saturated carbocycles. The Labute approximate surface area is 235 Å². The average Bonchev–Trinajstić information content (AvgIpc) is 3.47. The van der Waals surface area contributed by atoms with Gasteiger partial charge in [-0.15, -0.1) is 0 Å². The lowest BCUT2D eigenvalue weighted by Crippen LogP contribution is -2.51. The van der Waals surface area contributed by atoms with Crippen LogP contribution in [0.2, 0.25) is 0 Å². The SMILES string of the molecule is CC1(C)OC[C@H](C2OCCOCCNC(=O)c3cccc(c3)C(=O)NCCOCCO[C@@H]2[C@H]2COC(C)(C)O2)O1. The topological polar surface area (TPSA) is 132 Å². The summed E-state index contributed by atoms with van der Waals surface area (Å²) in [4.78, 5) is 25.1. The number of hydrogen-bond donors (Lipinski definition) is 2. The lowest BCUT2D eigenvalue weighted by Gasteiger charge is -2.34. The number of ether oxygens (including phenoxy) is 8. The molecule has 3 heterocycles. The molecule has 3 aliphatic heterocycles. The van der Waals surface area contributed by atoms with Crippen LogP contribution in [0.5, 0.6) is 0 Å². The van der Waals surface area contributed by atoms with Crippen molar-refractivity contribution < 1.29 is 47.5 Å². The van der Waals surface area contributed by atoms with Crippen molar-refractivity contribution in [3.63, 3.8) is 0 Å². The van der Waals surface area contributed by atoms with Crippen LogP contribution in [-0.2, 0) is 37.9 Å². The highest BCUT2D eigenvalue weighted by Crippen LogP contribution is 2.32. The van der Waals surface area contributed by atoms with Crippen molar-refractivity contribution in [1.82, 2.24) is 10.6 Å². The minimum atomic E-state index is -0.756. The first kappa shape index (κ1) is 30.8. The van der Waals surface area contributed by atoms with Crippen molar-refractivity contribution in [1.29, 1.82) is 0 Å². The summed E-state index contributed by atoms with van der Waals surface area (Å²) < 4.78 is 48.0. The summed E-state index contributed by atoms with van der Waals surface area (Å²) >= 11 is 0. The molecule has 1 aromatic rings. The smallest absolute Gasteiger partial charge is 0.251 e. The van der Waals surface area contributed by atoms with Crippen LogP contribution in [-0.4, -0.2) is 114 Å². The molecular weight excluding hydrogens is 524 g/mol. The Kier molecular flexibility index (Phi) is 10.9. The molecule has 2 fully saturated rings. The van der Waals surface area contributed by atoms with Gasteiger partial charge >= 0.3 is 0 Å². The fourth-order valence-corrected chi connectivity index (χ4v) is 4.75. The van der Waals surface area contributed by atoms with Gasteiger partial charge in [0.1, 0.15) is 24.4 Å². The first-order valence-corrected chi connectivity index (χ1v) is 13.8. The van der Waals surface area contributed by atoms with Crippen molar-refractivity contribution in [3.8, 4) is 0 Å². The molecule has 2 N–H and O–H groups in total. The number of hydrogen-bond acceptors (Lipinski definition) is 10. The first-order valence-electron chi connectivity index (χ1n) is 13.8. The Morgan fingerprint density at radius 1 is 0.675 bits per heavy atom. The Bertz CT molecular complexity index is 914. The van der Waals surface area contributed by atoms with Gasteiger partial charge < -0.3 is 48.5 Å². The third-order valence-corrected chi connectivity index (χ3v) is 6.64. The first-order chi connectivity index (χ1) is 19.1. The molecule has 12 nitrogen and oxygen atoms in total. The molecule has 1 unspecified atom stereocenters. The summed E-state index contributed by atoms with van der Waals surface area (Å²) in [5, 5.41) is 5.62. The van der Waals surface area contributed by atoms with Crippen molar-refractivity contribution in [2.75, 3.05) is 65.9 Å². The van der Waals surface area contributed by atoms with Crippen LogP contribution in [0.15, 0.2) is 24.3 Å². The monoisotopic (exact) mass is 566 g/mol. The van der Waals surface area contributed by atoms with Crippen molar-refractivity contribution in [2.24, 2.45) is 0 Å². The van der Waals surface area contributed by atoms with Gasteiger partial charge in [-0.1, -0.05) is 6.07 Å². The molecule has 4 atom stereocenters. The van der Waals surface area contributed by atoms with E-state index in [0.717, 1.165) is 0 Å². The molecule has 2 saturated heterocycles. The lowest BCUT2D eigenvalue weighted by molar-refractivity contribution is -0.207. The minimum Gasteiger partial charge on any atom is -0.377 e. The van der Waals surface area contributed by atoms with Crippen LogP contribution < -0.4 is 10.6 Å². The zero-order valence-corrected chi connectivity index (χ0v) is 23.8. The predicted molar refractivity (Wildman–Crippen MR) is 142 cm³/mol. The highest BCUT2D eigenvalue weighted by molar-refractivity contribution is 5.99. The van der Waals surface area contributed by atoms with E-state index in [1.165, 1.54) is 0 Å². The average molecular weight is 567 g/mol. The second-order valence-corrected chi connectivity index (χ2v) is 10.7. The molecule has 0 spiro atoms. The van der Waals surface area contributed by atoms with Crippen LogP contribution in [0.25, 0.3) is 0 Å². The normalized spacial score (nSPS) is 31.1. The predicted octanol–water partition coefficient (Wildman–Crippen LogP) is 1.27. The quantitative estimate of drug-likeness (QED) is 0.539. The molecule has 2 amide bonds. The number of nitrogens with one attached hydrogen (secondary N) is 2. The third kappa shape index (κ3) is 8.92. The van der Waals surface area contributed by atoms with E-state index in [1.807, 2.05) is 27.7 Å². The molecule has 40 heavy (non-hydrogen) atoms. The van der Waals surface area contributed by atoms with E-state index < -0.39 is 36.0 Å². The second-order valence-electron chi connectivity index (χ2n) is 10.7. The van der Waals surface area contributed by atoms with Crippen LogP contribution in [0.1, 0.15) is 48.4 Å². The molecule has 0 radical (unpaired) electrons. The number of amides is 2. The zero-order chi connectivity index (χ0) is 28.6. The van der Waals surface area contributed by atoms with Crippen LogP contribution in [0, 0.1) is 0 Å². The number of rotatable bonds is 2. The van der Waals surface area contributed by atoms with Gasteiger partial charge in [0.15, 0.2) is 11.6 Å². The summed E-state index contributed by atoms with van der Waals surface area (Å²) in [7, 11) is 0. The van der Waals surface area contributed by atoms with E-state index >= 15 is 0 Å². The molecular formula is C28H42N2O10. The molecule has 4 rings (SSSR count). The maximum absolute atomic E-state index is 12.5. The summed E-state index contributed by atoms with van der Waals surface area (Å²) in [5.41, 5.74) is 0.791. The fourth-order valence-electron chi connectivity index (χ4n) is 4.75. The van der Waals surface area contributed by atoms with Crippen LogP contribution in [0.3, 0.4) is 0 Å². The molecule has 2 bridgehead atoms. The Morgan fingerprint density at radius 3 is 1.52 bits per heavy atom. The Balaban J connectivity index is 1.43. The Hall–Kier alpha value is -2.16. The summed E-state index contributed by atoms with van der Waals surface area (Å²) in [5.74, 6) is -2.08. The van der Waals surface area contributed by atoms with Gasteiger partial charge in [-0.25, -0.2) is 0 Å². The van der Waals surface area contributed by atoms with Crippen molar-refractivity contribution in [3.05, 3.63) is 35.4 Å². The van der Waals surface area contributed by atoms with Gasteiger partial charge in [0.2, 0.25) is 0 Å².